The largest absolute Gasteiger partial charge is 0.487 e. The summed E-state index contributed by atoms with van der Waals surface area (Å²) >= 11 is 6.80. The van der Waals surface area contributed by atoms with E-state index in [0.29, 0.717) is 50.7 Å². The molecule has 0 bridgehead atoms. The highest BCUT2D eigenvalue weighted by atomic mass is 79.9. The van der Waals surface area contributed by atoms with Crippen molar-refractivity contribution >= 4 is 43.6 Å². The maximum Gasteiger partial charge on any atom is 0.331 e. The normalized spacial score (nSPS) is 13.7. The van der Waals surface area contributed by atoms with Gasteiger partial charge >= 0.3 is 5.97 Å². The van der Waals surface area contributed by atoms with Gasteiger partial charge in [0.1, 0.15) is 12.4 Å². The number of benzene rings is 2. The molecule has 1 aliphatic carbocycles. The molecule has 0 unspecified atom stereocenters. The van der Waals surface area contributed by atoms with Crippen LogP contribution >= 0.6 is 31.9 Å². The summed E-state index contributed by atoms with van der Waals surface area (Å²) in [5.74, 6) is -2.64. The number of hydrogen-bond acceptors (Lipinski definition) is 3. The molecule has 2 aromatic rings. The SMILES string of the molecule is O=C(O)C1=C(C(=O)Cc2cc(Br)c(OCc3ccc(F)c(F)c3)c(Br)c2)CCC1. The minimum absolute atomic E-state index is 0.0293. The Kier molecular flexibility index (Phi) is 6.85. The molecule has 2 aromatic carbocycles. The predicted molar refractivity (Wildman–Crippen MR) is 110 cm³/mol. The lowest BCUT2D eigenvalue weighted by Crippen LogP contribution is -2.10. The summed E-state index contributed by atoms with van der Waals surface area (Å²) in [6.07, 6.45) is 1.65. The van der Waals surface area contributed by atoms with E-state index in [1.165, 1.54) is 6.07 Å². The van der Waals surface area contributed by atoms with Crippen molar-refractivity contribution in [3.63, 3.8) is 0 Å². The van der Waals surface area contributed by atoms with E-state index in [9.17, 15) is 23.5 Å². The van der Waals surface area contributed by atoms with Crippen LogP contribution in [0.25, 0.3) is 0 Å². The molecule has 0 saturated carbocycles. The average Bonchev–Trinajstić information content (AvgIpc) is 3.14. The number of halogens is 4. The standard InChI is InChI=1S/C21H16Br2F2O4/c22-15-6-12(9-19(26)13-2-1-3-14(13)21(27)28)7-16(23)20(15)29-10-11-4-5-17(24)18(25)8-11/h4-8H,1-3,9-10H2,(H,27,28). The molecule has 0 heterocycles. The van der Waals surface area contributed by atoms with Crippen LogP contribution in [0.2, 0.25) is 0 Å². The van der Waals surface area contributed by atoms with Gasteiger partial charge in [-0.15, -0.1) is 0 Å². The topological polar surface area (TPSA) is 63.6 Å². The van der Waals surface area contributed by atoms with E-state index in [2.05, 4.69) is 31.9 Å². The summed E-state index contributed by atoms with van der Waals surface area (Å²) in [6, 6.07) is 6.98. The fraction of sp³-hybridized carbons (Fsp3) is 0.238. The van der Waals surface area contributed by atoms with Gasteiger partial charge in [-0.25, -0.2) is 13.6 Å². The Morgan fingerprint density at radius 3 is 2.24 bits per heavy atom. The van der Waals surface area contributed by atoms with Gasteiger partial charge in [0, 0.05) is 17.6 Å². The van der Waals surface area contributed by atoms with E-state index in [0.717, 1.165) is 12.1 Å². The third-order valence-corrected chi connectivity index (χ3v) is 5.78. The highest BCUT2D eigenvalue weighted by Crippen LogP contribution is 2.36. The zero-order valence-corrected chi connectivity index (χ0v) is 18.3. The van der Waals surface area contributed by atoms with Gasteiger partial charge in [-0.2, -0.15) is 0 Å². The predicted octanol–water partition coefficient (Wildman–Crippen LogP) is 5.75. The van der Waals surface area contributed by atoms with Gasteiger partial charge in [0.2, 0.25) is 0 Å². The number of carbonyl (C=O) groups excluding carboxylic acids is 1. The maximum atomic E-state index is 13.3. The van der Waals surface area contributed by atoms with E-state index >= 15 is 0 Å². The summed E-state index contributed by atoms with van der Waals surface area (Å²) in [7, 11) is 0. The minimum Gasteiger partial charge on any atom is -0.487 e. The number of Topliss-reactive ketones (excluding diaryl/α,β-unsaturated/α-hetero) is 1. The first-order valence-electron chi connectivity index (χ1n) is 8.79. The molecule has 3 rings (SSSR count). The van der Waals surface area contributed by atoms with Crippen molar-refractivity contribution in [2.75, 3.05) is 0 Å². The molecule has 4 nitrogen and oxygen atoms in total. The van der Waals surface area contributed by atoms with Crippen molar-refractivity contribution in [3.05, 3.63) is 73.2 Å². The number of ketones is 1. The Morgan fingerprint density at radius 1 is 0.966 bits per heavy atom. The second kappa shape index (κ2) is 9.17. The van der Waals surface area contributed by atoms with Crippen LogP contribution in [-0.2, 0) is 22.6 Å². The highest BCUT2D eigenvalue weighted by Gasteiger charge is 2.25. The fourth-order valence-corrected chi connectivity index (χ4v) is 4.73. The quantitative estimate of drug-likeness (QED) is 0.496. The Hall–Kier alpha value is -2.06. The van der Waals surface area contributed by atoms with Crippen LogP contribution in [0.4, 0.5) is 8.78 Å². The Labute approximate surface area is 182 Å². The monoisotopic (exact) mass is 528 g/mol. The van der Waals surface area contributed by atoms with Crippen molar-refractivity contribution in [3.8, 4) is 5.75 Å². The van der Waals surface area contributed by atoms with Gasteiger partial charge in [-0.05, 0) is 86.5 Å². The van der Waals surface area contributed by atoms with Crippen LogP contribution in [0.3, 0.4) is 0 Å². The summed E-state index contributed by atoms with van der Waals surface area (Å²) in [5.41, 5.74) is 1.76. The summed E-state index contributed by atoms with van der Waals surface area (Å²) in [4.78, 5) is 23.8. The molecular weight excluding hydrogens is 514 g/mol. The van der Waals surface area contributed by atoms with Gasteiger partial charge in [-0.1, -0.05) is 6.07 Å². The number of carboxylic acid groups (broad SMARTS) is 1. The minimum atomic E-state index is -1.03. The van der Waals surface area contributed by atoms with Gasteiger partial charge in [0.05, 0.1) is 8.95 Å². The van der Waals surface area contributed by atoms with Crippen molar-refractivity contribution in [1.29, 1.82) is 0 Å². The van der Waals surface area contributed by atoms with Crippen LogP contribution in [0.1, 0.15) is 30.4 Å². The van der Waals surface area contributed by atoms with Crippen molar-refractivity contribution in [2.24, 2.45) is 0 Å². The van der Waals surface area contributed by atoms with Crippen LogP contribution < -0.4 is 4.74 Å². The van der Waals surface area contributed by atoms with Crippen LogP contribution in [0.5, 0.6) is 5.75 Å². The molecule has 1 N–H and O–H groups in total. The molecule has 29 heavy (non-hydrogen) atoms. The number of hydrogen-bond donors (Lipinski definition) is 1. The molecule has 152 valence electrons. The second-order valence-electron chi connectivity index (χ2n) is 6.64. The first-order valence-corrected chi connectivity index (χ1v) is 10.4. The van der Waals surface area contributed by atoms with E-state index < -0.39 is 17.6 Å². The molecule has 1 aliphatic rings. The summed E-state index contributed by atoms with van der Waals surface area (Å²) in [6.45, 7) is 0.0293. The van der Waals surface area contributed by atoms with E-state index in [4.69, 9.17) is 4.74 Å². The molecule has 0 saturated heterocycles. The molecule has 0 spiro atoms. The molecule has 0 radical (unpaired) electrons. The zero-order valence-electron chi connectivity index (χ0n) is 15.1. The molecule has 8 heteroatoms. The van der Waals surface area contributed by atoms with Crippen LogP contribution in [0.15, 0.2) is 50.4 Å². The smallest absolute Gasteiger partial charge is 0.331 e. The number of carboxylic acids is 1. The third kappa shape index (κ3) is 5.11. The maximum absolute atomic E-state index is 13.3. The number of carbonyl (C=O) groups is 2. The molecule has 0 aromatic heterocycles. The Balaban J connectivity index is 1.73. The second-order valence-corrected chi connectivity index (χ2v) is 8.35. The summed E-state index contributed by atoms with van der Waals surface area (Å²) in [5, 5.41) is 9.22. The number of ether oxygens (including phenoxy) is 1. The van der Waals surface area contributed by atoms with Crippen LogP contribution in [-0.4, -0.2) is 16.9 Å². The van der Waals surface area contributed by atoms with Gasteiger partial charge < -0.3 is 9.84 Å². The lowest BCUT2D eigenvalue weighted by Gasteiger charge is -2.13. The Bertz CT molecular complexity index is 995. The van der Waals surface area contributed by atoms with Crippen LogP contribution in [0, 0.1) is 11.6 Å². The lowest BCUT2D eigenvalue weighted by atomic mass is 10.00. The molecule has 0 atom stereocenters. The van der Waals surface area contributed by atoms with Gasteiger partial charge in [0.15, 0.2) is 17.4 Å². The van der Waals surface area contributed by atoms with E-state index in [1.807, 2.05) is 0 Å². The first-order chi connectivity index (χ1) is 13.8. The molecule has 0 amide bonds. The fourth-order valence-electron chi connectivity index (χ4n) is 3.22. The van der Waals surface area contributed by atoms with Crippen molar-refractivity contribution in [2.45, 2.75) is 32.3 Å². The van der Waals surface area contributed by atoms with Gasteiger partial charge in [-0.3, -0.25) is 4.79 Å². The Morgan fingerprint density at radius 2 is 1.62 bits per heavy atom. The first kappa shape index (κ1) is 21.6. The lowest BCUT2D eigenvalue weighted by molar-refractivity contribution is -0.133. The molecular formula is C21H16Br2F2O4. The van der Waals surface area contributed by atoms with Crippen molar-refractivity contribution in [1.82, 2.24) is 0 Å². The highest BCUT2D eigenvalue weighted by molar-refractivity contribution is 9.11. The summed E-state index contributed by atoms with van der Waals surface area (Å²) < 4.78 is 33.2. The van der Waals surface area contributed by atoms with Gasteiger partial charge in [0.25, 0.3) is 0 Å². The van der Waals surface area contributed by atoms with Crippen molar-refractivity contribution < 1.29 is 28.2 Å². The van der Waals surface area contributed by atoms with E-state index in [-0.39, 0.29) is 24.4 Å². The zero-order chi connectivity index (χ0) is 21.1. The molecule has 0 fully saturated rings. The number of rotatable bonds is 7. The number of allylic oxidation sites excluding steroid dienone is 1. The molecule has 0 aliphatic heterocycles. The third-order valence-electron chi connectivity index (χ3n) is 4.60. The van der Waals surface area contributed by atoms with E-state index in [1.54, 1.807) is 12.1 Å². The average molecular weight is 530 g/mol. The number of aliphatic carboxylic acids is 1.